The molecule has 0 unspecified atom stereocenters. The number of piperidine rings is 1. The van der Waals surface area contributed by atoms with Crippen molar-refractivity contribution in [2.75, 3.05) is 35.6 Å². The summed E-state index contributed by atoms with van der Waals surface area (Å²) in [6.07, 6.45) is 5.48. The highest BCUT2D eigenvalue weighted by molar-refractivity contribution is 7.92. The number of hydrogen-bond acceptors (Lipinski definition) is 7. The van der Waals surface area contributed by atoms with Gasteiger partial charge in [0.1, 0.15) is 5.02 Å². The third-order valence-electron chi connectivity index (χ3n) is 6.48. The first kappa shape index (κ1) is 26.3. The van der Waals surface area contributed by atoms with E-state index < -0.39 is 10.0 Å². The minimum Gasteiger partial charge on any atom is -0.330 e. The largest absolute Gasteiger partial charge is 0.330 e. The highest BCUT2D eigenvalue weighted by atomic mass is 35.5. The highest BCUT2D eigenvalue weighted by Crippen LogP contribution is 2.37. The number of amides is 1. The van der Waals surface area contributed by atoms with E-state index in [4.69, 9.17) is 39.9 Å². The van der Waals surface area contributed by atoms with Crippen LogP contribution < -0.4 is 15.2 Å². The maximum atomic E-state index is 13.8. The van der Waals surface area contributed by atoms with Gasteiger partial charge in [-0.2, -0.15) is 9.61 Å². The second kappa shape index (κ2) is 10.5. The summed E-state index contributed by atoms with van der Waals surface area (Å²) in [5, 5.41) is 7.57. The molecule has 2 N–H and O–H groups in total. The molecule has 0 aliphatic carbocycles. The van der Waals surface area contributed by atoms with Crippen LogP contribution in [-0.4, -0.2) is 59.7 Å². The lowest BCUT2D eigenvalue weighted by molar-refractivity contribution is 0.0607. The summed E-state index contributed by atoms with van der Waals surface area (Å²) in [6.45, 7) is 2.03. The number of likely N-dealkylation sites (tertiary alicyclic amines) is 1. The SMILES string of the molecule is CS(=O)(=O)Nc1ccc(Cl)cc1C(=O)N1CCCC[C@H]1c1cc2nc(Cl)c(Cl)c(N3CCCCN3)n2n1. The molecule has 2 aromatic heterocycles. The van der Waals surface area contributed by atoms with Crippen molar-refractivity contribution in [3.63, 3.8) is 0 Å². The molecular formula is C23H26Cl3N7O3S. The molecule has 0 radical (unpaired) electrons. The van der Waals surface area contributed by atoms with E-state index >= 15 is 0 Å². The van der Waals surface area contributed by atoms with Crippen LogP contribution in [0.4, 0.5) is 11.5 Å². The number of carbonyl (C=O) groups excluding carboxylic acids is 1. The minimum absolute atomic E-state index is 0.176. The zero-order valence-electron chi connectivity index (χ0n) is 20.0. The molecule has 1 aromatic carbocycles. The molecule has 2 aliphatic rings. The fourth-order valence-corrected chi connectivity index (χ4v) is 5.99. The third kappa shape index (κ3) is 5.46. The van der Waals surface area contributed by atoms with Crippen LogP contribution in [0, 0.1) is 0 Å². The predicted molar refractivity (Wildman–Crippen MR) is 145 cm³/mol. The van der Waals surface area contributed by atoms with E-state index in [9.17, 15) is 13.2 Å². The summed E-state index contributed by atoms with van der Waals surface area (Å²) < 4.78 is 27.9. The smallest absolute Gasteiger partial charge is 0.256 e. The van der Waals surface area contributed by atoms with E-state index in [1.807, 2.05) is 11.1 Å². The van der Waals surface area contributed by atoms with Crippen LogP contribution in [0.5, 0.6) is 0 Å². The second-order valence-corrected chi connectivity index (χ2v) is 12.1. The molecule has 5 rings (SSSR count). The van der Waals surface area contributed by atoms with Crippen molar-refractivity contribution in [3.05, 3.63) is 50.7 Å². The quantitative estimate of drug-likeness (QED) is 0.423. The molecule has 0 saturated carbocycles. The molecule has 14 heteroatoms. The Hall–Kier alpha value is -2.31. The van der Waals surface area contributed by atoms with Gasteiger partial charge >= 0.3 is 0 Å². The van der Waals surface area contributed by atoms with Gasteiger partial charge in [-0.1, -0.05) is 34.8 Å². The number of aromatic nitrogens is 3. The molecule has 2 fully saturated rings. The van der Waals surface area contributed by atoms with Gasteiger partial charge in [-0.25, -0.2) is 18.8 Å². The number of nitrogens with zero attached hydrogens (tertiary/aromatic N) is 5. The molecule has 1 amide bonds. The Bertz CT molecular complexity index is 1460. The number of hydrazine groups is 1. The average Bonchev–Trinajstić information content (AvgIpc) is 3.28. The van der Waals surface area contributed by atoms with Gasteiger partial charge in [-0.15, -0.1) is 0 Å². The molecule has 3 aromatic rings. The first-order valence-corrected chi connectivity index (χ1v) is 15.0. The number of anilines is 2. The van der Waals surface area contributed by atoms with E-state index in [0.717, 1.165) is 45.0 Å². The number of sulfonamides is 1. The highest BCUT2D eigenvalue weighted by Gasteiger charge is 2.33. The normalized spacial score (nSPS) is 18.9. The molecule has 198 valence electrons. The van der Waals surface area contributed by atoms with Crippen molar-refractivity contribution in [2.45, 2.75) is 38.1 Å². The first-order valence-electron chi connectivity index (χ1n) is 12.0. The molecular weight excluding hydrogens is 561 g/mol. The maximum absolute atomic E-state index is 13.8. The Balaban J connectivity index is 1.55. The summed E-state index contributed by atoms with van der Waals surface area (Å²) >= 11 is 19.1. The van der Waals surface area contributed by atoms with E-state index in [1.54, 1.807) is 9.42 Å². The molecule has 1 atom stereocenters. The Morgan fingerprint density at radius 3 is 2.62 bits per heavy atom. The molecule has 4 heterocycles. The lowest BCUT2D eigenvalue weighted by Gasteiger charge is -2.35. The van der Waals surface area contributed by atoms with Crippen molar-refractivity contribution in [2.24, 2.45) is 0 Å². The average molecular weight is 587 g/mol. The Kier molecular flexibility index (Phi) is 7.43. The number of hydrogen-bond donors (Lipinski definition) is 2. The standard InChI is InChI=1S/C23H26Cl3N7O3S/c1-37(35,36)30-16-8-7-14(24)12-15(16)23(34)31-10-4-2-6-18(31)17-13-19-28-21(26)20(25)22(33(19)29-17)32-11-5-3-9-27-32/h7-8,12-13,18,27,30H,2-6,9-11H2,1H3/t18-/m0/s1. The first-order chi connectivity index (χ1) is 17.6. The molecule has 10 nitrogen and oxygen atoms in total. The summed E-state index contributed by atoms with van der Waals surface area (Å²) in [4.78, 5) is 19.9. The van der Waals surface area contributed by atoms with Gasteiger partial charge < -0.3 is 4.90 Å². The van der Waals surface area contributed by atoms with Crippen LogP contribution >= 0.6 is 34.8 Å². The summed E-state index contributed by atoms with van der Waals surface area (Å²) in [6, 6.07) is 5.98. The van der Waals surface area contributed by atoms with Crippen LogP contribution in [0.15, 0.2) is 24.3 Å². The number of fused-ring (bicyclic) bond motifs is 1. The number of carbonyl (C=O) groups is 1. The predicted octanol–water partition coefficient (Wildman–Crippen LogP) is 4.53. The van der Waals surface area contributed by atoms with Crippen molar-refractivity contribution < 1.29 is 13.2 Å². The van der Waals surface area contributed by atoms with E-state index in [2.05, 4.69) is 15.1 Å². The van der Waals surface area contributed by atoms with Crippen molar-refractivity contribution in [3.8, 4) is 0 Å². The molecule has 37 heavy (non-hydrogen) atoms. The van der Waals surface area contributed by atoms with Gasteiger partial charge in [0.2, 0.25) is 10.0 Å². The summed E-state index contributed by atoms with van der Waals surface area (Å²) in [5.41, 5.74) is 4.85. The lowest BCUT2D eigenvalue weighted by atomic mass is 9.98. The van der Waals surface area contributed by atoms with E-state index in [-0.39, 0.29) is 28.4 Å². The van der Waals surface area contributed by atoms with Crippen molar-refractivity contribution in [1.29, 1.82) is 0 Å². The van der Waals surface area contributed by atoms with Crippen LogP contribution in [0.1, 0.15) is 54.2 Å². The fraction of sp³-hybridized carbons (Fsp3) is 0.435. The minimum atomic E-state index is -3.61. The zero-order chi connectivity index (χ0) is 26.3. The second-order valence-electron chi connectivity index (χ2n) is 9.22. The number of halogens is 3. The van der Waals surface area contributed by atoms with Crippen LogP contribution in [0.25, 0.3) is 5.65 Å². The van der Waals surface area contributed by atoms with Crippen LogP contribution in [-0.2, 0) is 10.0 Å². The lowest BCUT2D eigenvalue weighted by Crippen LogP contribution is -2.44. The maximum Gasteiger partial charge on any atom is 0.256 e. The number of rotatable bonds is 5. The van der Waals surface area contributed by atoms with E-state index in [0.29, 0.717) is 40.2 Å². The third-order valence-corrected chi connectivity index (χ3v) is 8.02. The summed E-state index contributed by atoms with van der Waals surface area (Å²) in [5.74, 6) is 0.267. The van der Waals surface area contributed by atoms with Gasteiger partial charge in [0.05, 0.1) is 29.2 Å². The number of nitrogens with one attached hydrogen (secondary N) is 2. The summed E-state index contributed by atoms with van der Waals surface area (Å²) in [7, 11) is -3.61. The topological polar surface area (TPSA) is 112 Å². The fourth-order valence-electron chi connectivity index (χ4n) is 4.84. The Morgan fingerprint density at radius 1 is 1.11 bits per heavy atom. The Labute approximate surface area is 229 Å². The Morgan fingerprint density at radius 2 is 1.89 bits per heavy atom. The van der Waals surface area contributed by atoms with Crippen molar-refractivity contribution >= 4 is 67.9 Å². The van der Waals surface area contributed by atoms with Crippen LogP contribution in [0.2, 0.25) is 15.2 Å². The van der Waals surface area contributed by atoms with Crippen molar-refractivity contribution in [1.82, 2.24) is 24.9 Å². The molecule has 2 aliphatic heterocycles. The van der Waals surface area contributed by atoms with Gasteiger partial charge in [0.25, 0.3) is 5.91 Å². The zero-order valence-corrected chi connectivity index (χ0v) is 23.1. The van der Waals surface area contributed by atoms with Crippen LogP contribution in [0.3, 0.4) is 0 Å². The molecule has 0 bridgehead atoms. The van der Waals surface area contributed by atoms with Gasteiger partial charge in [0.15, 0.2) is 16.6 Å². The van der Waals surface area contributed by atoms with Gasteiger partial charge in [-0.3, -0.25) is 14.5 Å². The molecule has 2 saturated heterocycles. The number of benzene rings is 1. The van der Waals surface area contributed by atoms with E-state index in [1.165, 1.54) is 18.2 Å². The van der Waals surface area contributed by atoms with Gasteiger partial charge in [-0.05, 0) is 50.3 Å². The molecule has 0 spiro atoms. The van der Waals surface area contributed by atoms with Gasteiger partial charge in [0, 0.05) is 30.7 Å². The monoisotopic (exact) mass is 585 g/mol.